The van der Waals surface area contributed by atoms with Crippen molar-refractivity contribution in [3.05, 3.63) is 64.9 Å². The van der Waals surface area contributed by atoms with E-state index in [2.05, 4.69) is 40.2 Å². The predicted molar refractivity (Wildman–Crippen MR) is 142 cm³/mol. The molecule has 194 valence electrons. The van der Waals surface area contributed by atoms with Crippen LogP contribution in [0, 0.1) is 13.8 Å². The Balaban J connectivity index is 1.09. The van der Waals surface area contributed by atoms with Crippen molar-refractivity contribution in [3.8, 4) is 5.82 Å². The zero-order valence-electron chi connectivity index (χ0n) is 22.0. The minimum absolute atomic E-state index is 0.187. The van der Waals surface area contributed by atoms with Crippen LogP contribution in [0.3, 0.4) is 0 Å². The van der Waals surface area contributed by atoms with Crippen molar-refractivity contribution in [2.45, 2.75) is 76.9 Å². The van der Waals surface area contributed by atoms with Gasteiger partial charge in [-0.25, -0.2) is 9.67 Å². The van der Waals surface area contributed by atoms with Crippen molar-refractivity contribution in [2.24, 2.45) is 0 Å². The van der Waals surface area contributed by atoms with Crippen molar-refractivity contribution in [1.82, 2.24) is 24.6 Å². The SMILES string of the molecule is Cc1cc(NC(=O)c2cnn(-c3ccc(C4CC4)cn3)c2C)cnc1C1CCN(C2CCOC2C)CC1. The number of nitrogens with zero attached hydrogens (tertiary/aromatic N) is 5. The fourth-order valence-electron chi connectivity index (χ4n) is 6.03. The molecule has 3 fully saturated rings. The number of ether oxygens (including phenoxy) is 1. The van der Waals surface area contributed by atoms with Crippen LogP contribution >= 0.6 is 0 Å². The number of anilines is 1. The maximum Gasteiger partial charge on any atom is 0.259 e. The van der Waals surface area contributed by atoms with Crippen molar-refractivity contribution in [1.29, 1.82) is 0 Å². The summed E-state index contributed by atoms with van der Waals surface area (Å²) in [4.78, 5) is 25.1. The average Bonchev–Trinajstić information content (AvgIpc) is 3.56. The molecule has 37 heavy (non-hydrogen) atoms. The van der Waals surface area contributed by atoms with Gasteiger partial charge in [0.25, 0.3) is 5.91 Å². The number of rotatable bonds is 6. The van der Waals surface area contributed by atoms with Crippen LogP contribution in [0.1, 0.15) is 83.7 Å². The molecule has 3 aromatic heterocycles. The van der Waals surface area contributed by atoms with Gasteiger partial charge in [-0.3, -0.25) is 14.7 Å². The number of hydrogen-bond donors (Lipinski definition) is 1. The van der Waals surface area contributed by atoms with Crippen LogP contribution in [0.5, 0.6) is 0 Å². The molecule has 0 radical (unpaired) electrons. The van der Waals surface area contributed by atoms with Gasteiger partial charge in [0.1, 0.15) is 0 Å². The molecular weight excluding hydrogens is 464 g/mol. The number of amides is 1. The molecule has 2 saturated heterocycles. The van der Waals surface area contributed by atoms with Crippen LogP contribution in [0.25, 0.3) is 5.82 Å². The molecule has 0 bridgehead atoms. The Hall–Kier alpha value is -3.10. The monoisotopic (exact) mass is 500 g/mol. The number of carbonyl (C=O) groups is 1. The van der Waals surface area contributed by atoms with Crippen LogP contribution in [0.15, 0.2) is 36.8 Å². The minimum Gasteiger partial charge on any atom is -0.377 e. The van der Waals surface area contributed by atoms with Crippen molar-refractivity contribution in [2.75, 3.05) is 25.0 Å². The van der Waals surface area contributed by atoms with E-state index in [0.717, 1.165) is 61.7 Å². The zero-order valence-corrected chi connectivity index (χ0v) is 22.0. The third kappa shape index (κ3) is 4.92. The molecule has 2 aliphatic heterocycles. The van der Waals surface area contributed by atoms with Crippen molar-refractivity contribution >= 4 is 11.6 Å². The highest BCUT2D eigenvalue weighted by Gasteiger charge is 2.33. The summed E-state index contributed by atoms with van der Waals surface area (Å²) in [6, 6.07) is 6.69. The van der Waals surface area contributed by atoms with Crippen LogP contribution in [0.4, 0.5) is 5.69 Å². The Kier molecular flexibility index (Phi) is 6.55. The summed E-state index contributed by atoms with van der Waals surface area (Å²) in [5.41, 5.74) is 5.56. The second-order valence-corrected chi connectivity index (χ2v) is 10.9. The molecule has 3 aromatic rings. The summed E-state index contributed by atoms with van der Waals surface area (Å²) in [6.45, 7) is 9.24. The van der Waals surface area contributed by atoms with Gasteiger partial charge < -0.3 is 10.1 Å². The lowest BCUT2D eigenvalue weighted by molar-refractivity contribution is 0.0625. The second-order valence-electron chi connectivity index (χ2n) is 10.9. The zero-order chi connectivity index (χ0) is 25.5. The first-order valence-corrected chi connectivity index (χ1v) is 13.6. The van der Waals surface area contributed by atoms with E-state index in [9.17, 15) is 4.79 Å². The first-order chi connectivity index (χ1) is 18.0. The highest BCUT2D eigenvalue weighted by Crippen LogP contribution is 2.39. The quantitative estimate of drug-likeness (QED) is 0.525. The summed E-state index contributed by atoms with van der Waals surface area (Å²) >= 11 is 0. The van der Waals surface area contributed by atoms with E-state index >= 15 is 0 Å². The van der Waals surface area contributed by atoms with Gasteiger partial charge in [0, 0.05) is 30.5 Å². The molecule has 1 saturated carbocycles. The predicted octanol–water partition coefficient (Wildman–Crippen LogP) is 4.77. The lowest BCUT2D eigenvalue weighted by atomic mass is 9.89. The summed E-state index contributed by atoms with van der Waals surface area (Å²) in [6.07, 6.45) is 11.5. The standard InChI is InChI=1S/C29H36N6O2/c1-18-14-24(16-31-28(18)22-8-11-34(12-9-22)26-10-13-37-20(26)3)33-29(36)25-17-32-35(19(25)2)27-7-6-23(15-30-27)21-4-5-21/h6-7,14-17,20-22,26H,4-5,8-13H2,1-3H3,(H,33,36). The molecule has 1 N–H and O–H groups in total. The van der Waals surface area contributed by atoms with Crippen LogP contribution in [0.2, 0.25) is 0 Å². The summed E-state index contributed by atoms with van der Waals surface area (Å²) in [5.74, 6) is 1.66. The summed E-state index contributed by atoms with van der Waals surface area (Å²) < 4.78 is 7.50. The normalized spacial score (nSPS) is 22.9. The smallest absolute Gasteiger partial charge is 0.259 e. The summed E-state index contributed by atoms with van der Waals surface area (Å²) in [5, 5.41) is 7.46. The number of likely N-dealkylation sites (tertiary alicyclic amines) is 1. The van der Waals surface area contributed by atoms with Gasteiger partial charge in [0.05, 0.1) is 35.4 Å². The fraction of sp³-hybridized carbons (Fsp3) is 0.517. The van der Waals surface area contributed by atoms with E-state index in [1.54, 1.807) is 17.1 Å². The highest BCUT2D eigenvalue weighted by atomic mass is 16.5. The van der Waals surface area contributed by atoms with Crippen LogP contribution < -0.4 is 5.32 Å². The molecule has 8 heteroatoms. The number of carbonyl (C=O) groups excluding carboxylic acids is 1. The average molecular weight is 501 g/mol. The molecule has 0 spiro atoms. The third-order valence-corrected chi connectivity index (χ3v) is 8.39. The number of aryl methyl sites for hydroxylation is 1. The maximum atomic E-state index is 13.1. The molecule has 6 rings (SSSR count). The molecule has 8 nitrogen and oxygen atoms in total. The molecule has 1 aliphatic carbocycles. The molecule has 5 heterocycles. The molecule has 2 unspecified atom stereocenters. The van der Waals surface area contributed by atoms with E-state index < -0.39 is 0 Å². The number of aromatic nitrogens is 4. The van der Waals surface area contributed by atoms with Gasteiger partial charge in [-0.05, 0) is 95.1 Å². The lowest BCUT2D eigenvalue weighted by Gasteiger charge is -2.37. The van der Waals surface area contributed by atoms with Gasteiger partial charge >= 0.3 is 0 Å². The van der Waals surface area contributed by atoms with E-state index in [0.29, 0.717) is 35.2 Å². The molecular formula is C29H36N6O2. The van der Waals surface area contributed by atoms with Gasteiger partial charge in [-0.15, -0.1) is 0 Å². The van der Waals surface area contributed by atoms with E-state index in [-0.39, 0.29) is 5.91 Å². The van der Waals surface area contributed by atoms with E-state index in [1.165, 1.54) is 18.4 Å². The third-order valence-electron chi connectivity index (χ3n) is 8.39. The Morgan fingerprint density at radius 2 is 1.81 bits per heavy atom. The first-order valence-electron chi connectivity index (χ1n) is 13.6. The topological polar surface area (TPSA) is 85.2 Å². The number of hydrogen-bond acceptors (Lipinski definition) is 6. The Morgan fingerprint density at radius 3 is 2.46 bits per heavy atom. The Labute approximate surface area is 218 Å². The largest absolute Gasteiger partial charge is 0.377 e. The van der Waals surface area contributed by atoms with Gasteiger partial charge in [-0.1, -0.05) is 6.07 Å². The van der Waals surface area contributed by atoms with Crippen LogP contribution in [-0.4, -0.2) is 62.4 Å². The lowest BCUT2D eigenvalue weighted by Crippen LogP contribution is -2.44. The van der Waals surface area contributed by atoms with E-state index in [4.69, 9.17) is 9.72 Å². The summed E-state index contributed by atoms with van der Waals surface area (Å²) in [7, 11) is 0. The maximum absolute atomic E-state index is 13.1. The van der Waals surface area contributed by atoms with Gasteiger partial charge in [-0.2, -0.15) is 5.10 Å². The highest BCUT2D eigenvalue weighted by molar-refractivity contribution is 6.04. The Morgan fingerprint density at radius 1 is 1.00 bits per heavy atom. The minimum atomic E-state index is -0.187. The fourth-order valence-corrected chi connectivity index (χ4v) is 6.03. The molecule has 3 aliphatic rings. The van der Waals surface area contributed by atoms with E-state index in [1.807, 2.05) is 25.3 Å². The number of pyridine rings is 2. The molecule has 0 aromatic carbocycles. The van der Waals surface area contributed by atoms with Crippen molar-refractivity contribution < 1.29 is 9.53 Å². The van der Waals surface area contributed by atoms with Gasteiger partial charge in [0.2, 0.25) is 0 Å². The second kappa shape index (κ2) is 9.99. The molecule has 1 amide bonds. The van der Waals surface area contributed by atoms with Gasteiger partial charge in [0.15, 0.2) is 5.82 Å². The molecule has 2 atom stereocenters. The Bertz CT molecular complexity index is 1270. The first kappa shape index (κ1) is 24.2. The van der Waals surface area contributed by atoms with Crippen LogP contribution in [-0.2, 0) is 4.74 Å². The number of nitrogens with one attached hydrogen (secondary N) is 1. The number of piperidine rings is 1. The van der Waals surface area contributed by atoms with Crippen molar-refractivity contribution in [3.63, 3.8) is 0 Å².